The van der Waals surface area contributed by atoms with Crippen LogP contribution in [0.4, 0.5) is 0 Å². The quantitative estimate of drug-likeness (QED) is 0.224. The first-order valence-electron chi connectivity index (χ1n) is 10.6. The number of rotatable bonds is 11. The molecule has 0 aromatic heterocycles. The van der Waals surface area contributed by atoms with E-state index < -0.39 is 10.0 Å². The molecule has 1 saturated carbocycles. The molecule has 172 valence electrons. The third kappa shape index (κ3) is 9.07. The molecule has 2 rings (SSSR count). The van der Waals surface area contributed by atoms with Crippen molar-refractivity contribution in [2.24, 2.45) is 4.99 Å². The molecule has 3 N–H and O–H groups in total. The zero-order valence-corrected chi connectivity index (χ0v) is 22.0. The van der Waals surface area contributed by atoms with Crippen LogP contribution in [0.1, 0.15) is 53.0 Å². The van der Waals surface area contributed by atoms with Gasteiger partial charge in [-0.05, 0) is 65.2 Å². The van der Waals surface area contributed by atoms with E-state index in [1.165, 1.54) is 0 Å². The highest BCUT2D eigenvalue weighted by Gasteiger charge is 2.27. The van der Waals surface area contributed by atoms with Gasteiger partial charge in [0.1, 0.15) is 0 Å². The number of benzene rings is 1. The van der Waals surface area contributed by atoms with E-state index in [9.17, 15) is 8.42 Å². The first kappa shape index (κ1) is 27.1. The molecule has 1 aliphatic carbocycles. The summed E-state index contributed by atoms with van der Waals surface area (Å²) < 4.78 is 27.2. The molecule has 1 fully saturated rings. The Bertz CT molecular complexity index is 754. The second kappa shape index (κ2) is 12.8. The van der Waals surface area contributed by atoms with E-state index in [0.717, 1.165) is 44.0 Å². The van der Waals surface area contributed by atoms with E-state index in [1.807, 2.05) is 19.1 Å². The number of sulfonamides is 1. The third-order valence-electron chi connectivity index (χ3n) is 4.89. The van der Waals surface area contributed by atoms with Gasteiger partial charge in [0, 0.05) is 37.8 Å². The standard InChI is InChI=1S/C21H37N5O2S.HI/c1-6-22-21(23-13-14-26(16(2)3)17(4)5)24-15-18-7-11-20(12-8-18)29(27,28)25-19-9-10-19;/h7-8,11-12,16-17,19,25H,6,9-10,13-15H2,1-5H3,(H2,22,23,24);1H. The molecule has 0 saturated heterocycles. The van der Waals surface area contributed by atoms with E-state index >= 15 is 0 Å². The first-order chi connectivity index (χ1) is 13.7. The molecule has 7 nitrogen and oxygen atoms in total. The fraction of sp³-hybridized carbons (Fsp3) is 0.667. The molecule has 1 aromatic carbocycles. The Labute approximate surface area is 199 Å². The maximum atomic E-state index is 12.3. The predicted molar refractivity (Wildman–Crippen MR) is 135 cm³/mol. The Kier molecular flexibility index (Phi) is 11.6. The monoisotopic (exact) mass is 551 g/mol. The molecule has 0 amide bonds. The largest absolute Gasteiger partial charge is 0.357 e. The molecular formula is C21H38IN5O2S. The Morgan fingerprint density at radius 1 is 1.10 bits per heavy atom. The lowest BCUT2D eigenvalue weighted by Gasteiger charge is -2.30. The zero-order chi connectivity index (χ0) is 21.4. The van der Waals surface area contributed by atoms with Crippen molar-refractivity contribution in [3.63, 3.8) is 0 Å². The zero-order valence-electron chi connectivity index (χ0n) is 18.8. The lowest BCUT2D eigenvalue weighted by molar-refractivity contribution is 0.178. The summed E-state index contributed by atoms with van der Waals surface area (Å²) in [5, 5.41) is 6.65. The van der Waals surface area contributed by atoms with Gasteiger partial charge < -0.3 is 10.6 Å². The van der Waals surface area contributed by atoms with Crippen LogP contribution in [0.15, 0.2) is 34.2 Å². The van der Waals surface area contributed by atoms with E-state index in [2.05, 4.69) is 52.9 Å². The number of nitrogens with one attached hydrogen (secondary N) is 3. The van der Waals surface area contributed by atoms with Gasteiger partial charge in [0.15, 0.2) is 5.96 Å². The van der Waals surface area contributed by atoms with Crippen LogP contribution in [0.3, 0.4) is 0 Å². The third-order valence-corrected chi connectivity index (χ3v) is 6.42. The minimum absolute atomic E-state index is 0. The first-order valence-corrected chi connectivity index (χ1v) is 12.1. The number of halogens is 1. The molecule has 1 aromatic rings. The summed E-state index contributed by atoms with van der Waals surface area (Å²) in [6.07, 6.45) is 1.86. The average molecular weight is 552 g/mol. The number of nitrogens with zero attached hydrogens (tertiary/aromatic N) is 2. The molecule has 0 bridgehead atoms. The van der Waals surface area contributed by atoms with E-state index in [-0.39, 0.29) is 30.0 Å². The Morgan fingerprint density at radius 2 is 1.70 bits per heavy atom. The van der Waals surface area contributed by atoms with Gasteiger partial charge in [-0.3, -0.25) is 4.90 Å². The topological polar surface area (TPSA) is 85.8 Å². The molecule has 0 aliphatic heterocycles. The van der Waals surface area contributed by atoms with Crippen molar-refractivity contribution in [3.8, 4) is 0 Å². The van der Waals surface area contributed by atoms with Gasteiger partial charge >= 0.3 is 0 Å². The van der Waals surface area contributed by atoms with Crippen LogP contribution >= 0.6 is 24.0 Å². The van der Waals surface area contributed by atoms with Crippen molar-refractivity contribution in [2.75, 3.05) is 19.6 Å². The molecule has 1 aliphatic rings. The van der Waals surface area contributed by atoms with Crippen molar-refractivity contribution in [2.45, 2.75) is 77.0 Å². The minimum Gasteiger partial charge on any atom is -0.357 e. The van der Waals surface area contributed by atoms with Crippen LogP contribution in [0.2, 0.25) is 0 Å². The smallest absolute Gasteiger partial charge is 0.240 e. The Hall–Kier alpha value is -0.910. The SMILES string of the molecule is CCNC(=NCc1ccc(S(=O)(=O)NC2CC2)cc1)NCCN(C(C)C)C(C)C.I. The maximum absolute atomic E-state index is 12.3. The van der Waals surface area contributed by atoms with Gasteiger partial charge in [0.05, 0.1) is 11.4 Å². The van der Waals surface area contributed by atoms with Crippen LogP contribution < -0.4 is 15.4 Å². The van der Waals surface area contributed by atoms with E-state index in [0.29, 0.717) is 23.5 Å². The lowest BCUT2D eigenvalue weighted by atomic mass is 10.2. The van der Waals surface area contributed by atoms with Gasteiger partial charge in [-0.15, -0.1) is 24.0 Å². The van der Waals surface area contributed by atoms with Gasteiger partial charge in [-0.25, -0.2) is 18.1 Å². The number of hydrogen-bond donors (Lipinski definition) is 3. The number of hydrogen-bond acceptors (Lipinski definition) is 4. The maximum Gasteiger partial charge on any atom is 0.240 e. The summed E-state index contributed by atoms with van der Waals surface area (Å²) in [6.45, 7) is 13.9. The Morgan fingerprint density at radius 3 is 2.20 bits per heavy atom. The van der Waals surface area contributed by atoms with Crippen molar-refractivity contribution in [1.82, 2.24) is 20.3 Å². The van der Waals surface area contributed by atoms with Crippen LogP contribution in [-0.4, -0.2) is 57.0 Å². The summed E-state index contributed by atoms with van der Waals surface area (Å²) in [7, 11) is -3.40. The summed E-state index contributed by atoms with van der Waals surface area (Å²) in [6, 6.07) is 8.07. The highest BCUT2D eigenvalue weighted by atomic mass is 127. The molecule has 30 heavy (non-hydrogen) atoms. The second-order valence-corrected chi connectivity index (χ2v) is 9.80. The average Bonchev–Trinajstić information content (AvgIpc) is 3.46. The number of guanidine groups is 1. The van der Waals surface area contributed by atoms with Gasteiger partial charge in [-0.2, -0.15) is 0 Å². The minimum atomic E-state index is -3.40. The fourth-order valence-electron chi connectivity index (χ4n) is 3.19. The predicted octanol–water partition coefficient (Wildman–Crippen LogP) is 2.92. The lowest BCUT2D eigenvalue weighted by Crippen LogP contribution is -2.45. The summed E-state index contributed by atoms with van der Waals surface area (Å²) in [4.78, 5) is 7.38. The highest BCUT2D eigenvalue weighted by molar-refractivity contribution is 14.0. The van der Waals surface area contributed by atoms with E-state index in [1.54, 1.807) is 12.1 Å². The van der Waals surface area contributed by atoms with Crippen molar-refractivity contribution in [1.29, 1.82) is 0 Å². The molecule has 0 radical (unpaired) electrons. The molecule has 0 spiro atoms. The van der Waals surface area contributed by atoms with Crippen LogP contribution in [0.25, 0.3) is 0 Å². The van der Waals surface area contributed by atoms with Gasteiger partial charge in [0.25, 0.3) is 0 Å². The molecular weight excluding hydrogens is 513 g/mol. The normalized spacial score (nSPS) is 14.9. The number of aliphatic imine (C=N–C) groups is 1. The molecule has 9 heteroatoms. The Balaban J connectivity index is 0.00000450. The molecule has 0 unspecified atom stereocenters. The van der Waals surface area contributed by atoms with Crippen LogP contribution in [-0.2, 0) is 16.6 Å². The van der Waals surface area contributed by atoms with Gasteiger partial charge in [0.2, 0.25) is 10.0 Å². The fourth-order valence-corrected chi connectivity index (χ4v) is 4.50. The second-order valence-electron chi connectivity index (χ2n) is 8.09. The van der Waals surface area contributed by atoms with E-state index in [4.69, 9.17) is 0 Å². The van der Waals surface area contributed by atoms with Crippen LogP contribution in [0.5, 0.6) is 0 Å². The highest BCUT2D eigenvalue weighted by Crippen LogP contribution is 2.22. The van der Waals surface area contributed by atoms with Gasteiger partial charge in [-0.1, -0.05) is 12.1 Å². The van der Waals surface area contributed by atoms with Crippen molar-refractivity contribution < 1.29 is 8.42 Å². The van der Waals surface area contributed by atoms with Crippen molar-refractivity contribution in [3.05, 3.63) is 29.8 Å². The summed E-state index contributed by atoms with van der Waals surface area (Å²) >= 11 is 0. The molecule has 0 atom stereocenters. The summed E-state index contributed by atoms with van der Waals surface area (Å²) in [5.41, 5.74) is 0.971. The van der Waals surface area contributed by atoms with Crippen molar-refractivity contribution >= 4 is 40.0 Å². The van der Waals surface area contributed by atoms with Crippen LogP contribution in [0, 0.1) is 0 Å². The summed E-state index contributed by atoms with van der Waals surface area (Å²) in [5.74, 6) is 0.770. The molecule has 0 heterocycles.